The summed E-state index contributed by atoms with van der Waals surface area (Å²) in [7, 11) is -3.31. The second kappa shape index (κ2) is 8.10. The van der Waals surface area contributed by atoms with E-state index in [1.807, 2.05) is 0 Å². The molecular formula is C20H22F2N2O3S2. The van der Waals surface area contributed by atoms with Gasteiger partial charge in [-0.1, -0.05) is 12.1 Å². The molecule has 1 aromatic heterocycles. The van der Waals surface area contributed by atoms with E-state index < -0.39 is 28.1 Å². The normalized spacial score (nSPS) is 25.7. The minimum Gasteiger partial charge on any atom is -0.316 e. The number of halogens is 2. The number of hydrogen-bond donors (Lipinski definition) is 1. The summed E-state index contributed by atoms with van der Waals surface area (Å²) >= 11 is 1.28. The fourth-order valence-electron chi connectivity index (χ4n) is 3.90. The molecule has 156 valence electrons. The molecule has 2 unspecified atom stereocenters. The molecule has 2 aromatic rings. The summed E-state index contributed by atoms with van der Waals surface area (Å²) in [6, 6.07) is 6.34. The molecule has 2 aliphatic rings. The number of anilines is 1. The minimum absolute atomic E-state index is 0.0969. The van der Waals surface area contributed by atoms with E-state index in [9.17, 15) is 22.0 Å². The predicted octanol–water partition coefficient (Wildman–Crippen LogP) is 4.28. The van der Waals surface area contributed by atoms with Crippen LogP contribution in [0, 0.1) is 5.92 Å². The maximum atomic E-state index is 13.6. The number of thiazole rings is 1. The third-order valence-electron chi connectivity index (χ3n) is 5.65. The Bertz CT molecular complexity index is 950. The van der Waals surface area contributed by atoms with Crippen LogP contribution >= 0.6 is 11.3 Å². The Morgan fingerprint density at radius 3 is 2.38 bits per heavy atom. The average molecular weight is 441 g/mol. The van der Waals surface area contributed by atoms with E-state index in [0.29, 0.717) is 29.8 Å². The lowest BCUT2D eigenvalue weighted by atomic mass is 9.87. The Hall–Kier alpha value is -1.87. The van der Waals surface area contributed by atoms with E-state index in [0.717, 1.165) is 0 Å². The predicted molar refractivity (Wildman–Crippen MR) is 107 cm³/mol. The van der Waals surface area contributed by atoms with Crippen molar-refractivity contribution >= 4 is 32.1 Å². The fourth-order valence-corrected chi connectivity index (χ4v) is 6.07. The van der Waals surface area contributed by atoms with Crippen LogP contribution in [-0.2, 0) is 14.6 Å². The molecular weight excluding hydrogens is 418 g/mol. The number of rotatable bonds is 7. The number of sulfone groups is 1. The van der Waals surface area contributed by atoms with E-state index in [-0.39, 0.29) is 34.8 Å². The Kier molecular flexibility index (Phi) is 5.70. The molecule has 1 amide bonds. The van der Waals surface area contributed by atoms with Crippen molar-refractivity contribution in [1.82, 2.24) is 4.98 Å². The zero-order valence-corrected chi connectivity index (χ0v) is 17.3. The van der Waals surface area contributed by atoms with Crippen molar-refractivity contribution in [2.24, 2.45) is 5.92 Å². The summed E-state index contributed by atoms with van der Waals surface area (Å²) in [5.74, 6) is -1.16. The Labute approximate surface area is 172 Å². The van der Waals surface area contributed by atoms with Crippen molar-refractivity contribution in [3.8, 4) is 0 Å². The molecule has 2 saturated carbocycles. The van der Waals surface area contributed by atoms with Crippen LogP contribution in [0.4, 0.5) is 13.8 Å². The van der Waals surface area contributed by atoms with Gasteiger partial charge < -0.3 is 5.32 Å². The highest BCUT2D eigenvalue weighted by molar-refractivity contribution is 7.92. The number of nitrogens with zero attached hydrogens (tertiary/aromatic N) is 1. The second-order valence-corrected chi connectivity index (χ2v) is 10.9. The zero-order chi connectivity index (χ0) is 20.6. The molecule has 5 nitrogen and oxygen atoms in total. The van der Waals surface area contributed by atoms with Crippen LogP contribution in [0.3, 0.4) is 0 Å². The summed E-state index contributed by atoms with van der Waals surface area (Å²) in [5.41, 5.74) is 2.24. The summed E-state index contributed by atoms with van der Waals surface area (Å²) in [6.45, 7) is 0. The van der Waals surface area contributed by atoms with Crippen LogP contribution < -0.4 is 5.32 Å². The first-order valence-electron chi connectivity index (χ1n) is 9.66. The van der Waals surface area contributed by atoms with E-state index in [1.54, 1.807) is 17.6 Å². The molecule has 4 rings (SSSR count). The number of hydrogen-bond acceptors (Lipinski definition) is 5. The Morgan fingerprint density at radius 1 is 1.17 bits per heavy atom. The number of carbonyl (C=O) groups is 1. The fraction of sp³-hybridized carbons (Fsp3) is 0.500. The average Bonchev–Trinajstić information content (AvgIpc) is 3.36. The van der Waals surface area contributed by atoms with Crippen molar-refractivity contribution in [1.29, 1.82) is 0 Å². The van der Waals surface area contributed by atoms with Crippen LogP contribution in [0.1, 0.15) is 43.6 Å². The monoisotopic (exact) mass is 440 g/mol. The van der Waals surface area contributed by atoms with E-state index in [1.165, 1.54) is 29.7 Å². The molecule has 29 heavy (non-hydrogen) atoms. The first-order valence-corrected chi connectivity index (χ1v) is 12.1. The number of alkyl halides is 2. The van der Waals surface area contributed by atoms with Gasteiger partial charge in [0.05, 0.1) is 27.8 Å². The molecule has 0 spiro atoms. The lowest BCUT2D eigenvalue weighted by molar-refractivity contribution is -0.118. The molecule has 0 saturated heterocycles. The molecule has 9 heteroatoms. The SMILES string of the molecule is O=C(Nc1cncs1)[C@H](CC1CC(F)C(F)C1)c1ccc(S(=O)(=O)C2CC2)cc1. The summed E-state index contributed by atoms with van der Waals surface area (Å²) in [6.07, 6.45) is 0.420. The highest BCUT2D eigenvalue weighted by atomic mass is 32.2. The van der Waals surface area contributed by atoms with Crippen LogP contribution in [0.2, 0.25) is 0 Å². The lowest BCUT2D eigenvalue weighted by Gasteiger charge is -2.20. The smallest absolute Gasteiger partial charge is 0.232 e. The highest BCUT2D eigenvalue weighted by Crippen LogP contribution is 2.39. The third-order valence-corrected chi connectivity index (χ3v) is 8.61. The molecule has 1 N–H and O–H groups in total. The molecule has 0 radical (unpaired) electrons. The van der Waals surface area contributed by atoms with E-state index in [4.69, 9.17) is 0 Å². The largest absolute Gasteiger partial charge is 0.316 e. The van der Waals surface area contributed by atoms with Gasteiger partial charge in [-0.3, -0.25) is 9.78 Å². The molecule has 2 fully saturated rings. The molecule has 0 bridgehead atoms. The number of aromatic nitrogens is 1. The van der Waals surface area contributed by atoms with Gasteiger partial charge in [-0.2, -0.15) is 0 Å². The Balaban J connectivity index is 1.56. The van der Waals surface area contributed by atoms with E-state index >= 15 is 0 Å². The molecule has 2 aliphatic carbocycles. The van der Waals surface area contributed by atoms with Gasteiger partial charge in [0.25, 0.3) is 0 Å². The lowest BCUT2D eigenvalue weighted by Crippen LogP contribution is -2.23. The van der Waals surface area contributed by atoms with Crippen molar-refractivity contribution in [2.45, 2.75) is 60.5 Å². The molecule has 0 aliphatic heterocycles. The van der Waals surface area contributed by atoms with Crippen LogP contribution in [0.15, 0.2) is 40.9 Å². The number of nitrogens with one attached hydrogen (secondary N) is 1. The van der Waals surface area contributed by atoms with Gasteiger partial charge in [0, 0.05) is 0 Å². The van der Waals surface area contributed by atoms with Gasteiger partial charge in [0.15, 0.2) is 9.84 Å². The number of carbonyl (C=O) groups excluding carboxylic acids is 1. The van der Waals surface area contributed by atoms with Gasteiger partial charge >= 0.3 is 0 Å². The second-order valence-electron chi connectivity index (χ2n) is 7.83. The molecule has 1 aromatic carbocycles. The summed E-state index contributed by atoms with van der Waals surface area (Å²) in [4.78, 5) is 17.1. The van der Waals surface area contributed by atoms with Crippen LogP contribution in [0.5, 0.6) is 0 Å². The molecule has 1 heterocycles. The molecule has 3 atom stereocenters. The van der Waals surface area contributed by atoms with Gasteiger partial charge in [0.2, 0.25) is 5.91 Å². The van der Waals surface area contributed by atoms with Gasteiger partial charge in [-0.05, 0) is 55.7 Å². The first kappa shape index (κ1) is 20.4. The van der Waals surface area contributed by atoms with Crippen molar-refractivity contribution in [3.63, 3.8) is 0 Å². The van der Waals surface area contributed by atoms with Crippen molar-refractivity contribution < 1.29 is 22.0 Å². The summed E-state index contributed by atoms with van der Waals surface area (Å²) in [5, 5.41) is 3.08. The Morgan fingerprint density at radius 2 is 1.83 bits per heavy atom. The standard InChI is InChI=1S/C20H22F2N2O3S2/c21-17-8-12(9-18(17)22)7-16(20(25)24-19-10-23-11-28-19)13-1-3-14(4-2-13)29(26,27)15-5-6-15/h1-4,10-12,15-18H,5-9H2,(H,24,25)/t12?,16-,17?,18?/m1/s1. The van der Waals surface area contributed by atoms with Crippen LogP contribution in [0.25, 0.3) is 0 Å². The maximum Gasteiger partial charge on any atom is 0.232 e. The van der Waals surface area contributed by atoms with Crippen LogP contribution in [-0.4, -0.2) is 36.9 Å². The number of benzene rings is 1. The van der Waals surface area contributed by atoms with Gasteiger partial charge in [-0.25, -0.2) is 17.2 Å². The van der Waals surface area contributed by atoms with E-state index in [2.05, 4.69) is 10.3 Å². The first-order chi connectivity index (χ1) is 13.8. The topological polar surface area (TPSA) is 76.1 Å². The minimum atomic E-state index is -3.31. The summed E-state index contributed by atoms with van der Waals surface area (Å²) < 4.78 is 52.1. The third kappa shape index (κ3) is 4.50. The quantitative estimate of drug-likeness (QED) is 0.697. The zero-order valence-electron chi connectivity index (χ0n) is 15.6. The van der Waals surface area contributed by atoms with Gasteiger partial charge in [-0.15, -0.1) is 11.3 Å². The number of amides is 1. The van der Waals surface area contributed by atoms with Gasteiger partial charge in [0.1, 0.15) is 17.3 Å². The van der Waals surface area contributed by atoms with Crippen molar-refractivity contribution in [2.75, 3.05) is 5.32 Å². The highest BCUT2D eigenvalue weighted by Gasteiger charge is 2.38. The maximum absolute atomic E-state index is 13.6. The van der Waals surface area contributed by atoms with Crippen molar-refractivity contribution in [3.05, 3.63) is 41.5 Å².